The van der Waals surface area contributed by atoms with E-state index in [1.807, 2.05) is 35.9 Å². The number of thioether (sulfide) groups is 1. The van der Waals surface area contributed by atoms with E-state index in [0.29, 0.717) is 21.5 Å². The first-order valence-electron chi connectivity index (χ1n) is 9.61. The van der Waals surface area contributed by atoms with Gasteiger partial charge < -0.3 is 14.6 Å². The van der Waals surface area contributed by atoms with Gasteiger partial charge in [-0.3, -0.25) is 4.79 Å². The van der Waals surface area contributed by atoms with Gasteiger partial charge in [0.1, 0.15) is 16.8 Å². The standard InChI is InChI=1S/C21H21N5O2S2/c1-26-19(13-6-5-7-14(10-13)28-2)24-25-21(26)29-12-18(27)23-20-16(11-22)15-8-3-4-9-17(15)30-20/h5-7,10H,3-4,8-9,12H2,1-2H3,(H,23,27). The third-order valence-electron chi connectivity index (χ3n) is 5.03. The number of hydrogen-bond acceptors (Lipinski definition) is 7. The number of methoxy groups -OCH3 is 1. The largest absolute Gasteiger partial charge is 0.497 e. The van der Waals surface area contributed by atoms with E-state index in [-0.39, 0.29) is 11.7 Å². The Morgan fingerprint density at radius 1 is 1.37 bits per heavy atom. The fraction of sp³-hybridized carbons (Fsp3) is 0.333. The molecular formula is C21H21N5O2S2. The molecule has 0 bridgehead atoms. The lowest BCUT2D eigenvalue weighted by Gasteiger charge is -2.09. The zero-order valence-electron chi connectivity index (χ0n) is 16.8. The number of aryl methyl sites for hydroxylation is 1. The zero-order chi connectivity index (χ0) is 21.1. The minimum atomic E-state index is -0.152. The van der Waals surface area contributed by atoms with E-state index in [1.54, 1.807) is 7.11 Å². The second-order valence-corrected chi connectivity index (χ2v) is 9.01. The Morgan fingerprint density at radius 2 is 2.20 bits per heavy atom. The van der Waals surface area contributed by atoms with Crippen LogP contribution in [0.5, 0.6) is 5.75 Å². The van der Waals surface area contributed by atoms with E-state index in [4.69, 9.17) is 4.74 Å². The highest BCUT2D eigenvalue weighted by Crippen LogP contribution is 2.37. The smallest absolute Gasteiger partial charge is 0.235 e. The molecule has 0 unspecified atom stereocenters. The molecule has 2 heterocycles. The minimum Gasteiger partial charge on any atom is -0.497 e. The molecule has 0 spiro atoms. The van der Waals surface area contributed by atoms with Crippen LogP contribution in [0.1, 0.15) is 28.8 Å². The molecule has 0 fully saturated rings. The summed E-state index contributed by atoms with van der Waals surface area (Å²) < 4.78 is 7.13. The maximum Gasteiger partial charge on any atom is 0.235 e. The van der Waals surface area contributed by atoms with Crippen LogP contribution < -0.4 is 10.1 Å². The first kappa shape index (κ1) is 20.4. The summed E-state index contributed by atoms with van der Waals surface area (Å²) in [5.74, 6) is 1.49. The molecule has 0 aliphatic heterocycles. The fourth-order valence-corrected chi connectivity index (χ4v) is 5.49. The number of aromatic nitrogens is 3. The summed E-state index contributed by atoms with van der Waals surface area (Å²) in [5.41, 5.74) is 2.64. The lowest BCUT2D eigenvalue weighted by atomic mass is 9.96. The summed E-state index contributed by atoms with van der Waals surface area (Å²) in [5, 5.41) is 22.3. The topological polar surface area (TPSA) is 92.8 Å². The Morgan fingerprint density at radius 3 is 3.00 bits per heavy atom. The Kier molecular flexibility index (Phi) is 6.06. The van der Waals surface area contributed by atoms with Crippen LogP contribution in [0.4, 0.5) is 5.00 Å². The number of nitriles is 1. The van der Waals surface area contributed by atoms with Gasteiger partial charge in [-0.2, -0.15) is 5.26 Å². The Bertz CT molecular complexity index is 1130. The number of ether oxygens (including phenoxy) is 1. The molecule has 154 valence electrons. The molecule has 7 nitrogen and oxygen atoms in total. The maximum atomic E-state index is 12.5. The highest BCUT2D eigenvalue weighted by atomic mass is 32.2. The molecule has 1 aliphatic rings. The number of hydrogen-bond donors (Lipinski definition) is 1. The van der Waals surface area contributed by atoms with E-state index < -0.39 is 0 Å². The molecule has 3 aromatic rings. The summed E-state index contributed by atoms with van der Waals surface area (Å²) in [6, 6.07) is 9.88. The molecule has 0 saturated carbocycles. The molecule has 9 heteroatoms. The number of amides is 1. The van der Waals surface area contributed by atoms with Crippen molar-refractivity contribution in [3.63, 3.8) is 0 Å². The Balaban J connectivity index is 1.43. The van der Waals surface area contributed by atoms with Crippen molar-refractivity contribution in [2.75, 3.05) is 18.2 Å². The number of nitrogens with one attached hydrogen (secondary N) is 1. The molecule has 1 N–H and O–H groups in total. The number of rotatable bonds is 6. The van der Waals surface area contributed by atoms with Crippen molar-refractivity contribution in [3.8, 4) is 23.2 Å². The third kappa shape index (κ3) is 4.06. The van der Waals surface area contributed by atoms with E-state index >= 15 is 0 Å². The number of nitrogens with zero attached hydrogens (tertiary/aromatic N) is 4. The molecule has 1 aliphatic carbocycles. The first-order valence-corrected chi connectivity index (χ1v) is 11.4. The van der Waals surface area contributed by atoms with E-state index in [0.717, 1.165) is 42.6 Å². The first-order chi connectivity index (χ1) is 14.6. The quantitative estimate of drug-likeness (QED) is 0.583. The number of fused-ring (bicyclic) bond motifs is 1. The van der Waals surface area contributed by atoms with E-state index in [2.05, 4.69) is 21.6 Å². The molecule has 0 radical (unpaired) electrons. The zero-order valence-corrected chi connectivity index (χ0v) is 18.4. The average molecular weight is 440 g/mol. The van der Waals surface area contributed by atoms with E-state index in [9.17, 15) is 10.1 Å². The van der Waals surface area contributed by atoms with Crippen molar-refractivity contribution >= 4 is 34.0 Å². The van der Waals surface area contributed by atoms with Crippen molar-refractivity contribution in [3.05, 3.63) is 40.3 Å². The summed E-state index contributed by atoms with van der Waals surface area (Å²) in [7, 11) is 3.49. The van der Waals surface area contributed by atoms with Crippen molar-refractivity contribution in [2.24, 2.45) is 7.05 Å². The predicted molar refractivity (Wildman–Crippen MR) is 118 cm³/mol. The molecule has 0 saturated heterocycles. The van der Waals surface area contributed by atoms with Crippen molar-refractivity contribution < 1.29 is 9.53 Å². The van der Waals surface area contributed by atoms with Crippen LogP contribution in [0.2, 0.25) is 0 Å². The average Bonchev–Trinajstić information content (AvgIpc) is 3.31. The molecule has 4 rings (SSSR count). The monoisotopic (exact) mass is 439 g/mol. The third-order valence-corrected chi connectivity index (χ3v) is 7.26. The number of benzene rings is 1. The van der Waals surface area contributed by atoms with Gasteiger partial charge in [0, 0.05) is 17.5 Å². The SMILES string of the molecule is COc1cccc(-c2nnc(SCC(=O)Nc3sc4c(c3C#N)CCCC4)n2C)c1. The maximum absolute atomic E-state index is 12.5. The van der Waals surface area contributed by atoms with Crippen LogP contribution in [-0.4, -0.2) is 33.5 Å². The summed E-state index contributed by atoms with van der Waals surface area (Å²) in [6.07, 6.45) is 4.16. The summed E-state index contributed by atoms with van der Waals surface area (Å²) in [4.78, 5) is 13.8. The summed E-state index contributed by atoms with van der Waals surface area (Å²) >= 11 is 2.85. The number of carbonyl (C=O) groups is 1. The van der Waals surface area contributed by atoms with Gasteiger partial charge in [0.05, 0.1) is 18.4 Å². The highest BCUT2D eigenvalue weighted by Gasteiger charge is 2.22. The van der Waals surface area contributed by atoms with Crippen LogP contribution in [0, 0.1) is 11.3 Å². The lowest BCUT2D eigenvalue weighted by molar-refractivity contribution is -0.113. The van der Waals surface area contributed by atoms with Crippen molar-refractivity contribution in [1.29, 1.82) is 5.26 Å². The molecule has 0 atom stereocenters. The van der Waals surface area contributed by atoms with Gasteiger partial charge in [-0.05, 0) is 43.4 Å². The van der Waals surface area contributed by atoms with Gasteiger partial charge in [-0.25, -0.2) is 0 Å². The normalized spacial score (nSPS) is 12.8. The Labute approximate surface area is 183 Å². The van der Waals surface area contributed by atoms with Crippen molar-refractivity contribution in [2.45, 2.75) is 30.8 Å². The minimum absolute atomic E-state index is 0.152. The molecule has 30 heavy (non-hydrogen) atoms. The van der Waals surface area contributed by atoms with Gasteiger partial charge in [0.2, 0.25) is 5.91 Å². The number of thiophene rings is 1. The van der Waals surface area contributed by atoms with Gasteiger partial charge in [-0.1, -0.05) is 23.9 Å². The number of carbonyl (C=O) groups excluding carboxylic acids is 1. The predicted octanol–water partition coefficient (Wildman–Crippen LogP) is 4.03. The highest BCUT2D eigenvalue weighted by molar-refractivity contribution is 7.99. The van der Waals surface area contributed by atoms with Crippen molar-refractivity contribution in [1.82, 2.24) is 14.8 Å². The molecule has 1 amide bonds. The van der Waals surface area contributed by atoms with Gasteiger partial charge in [0.25, 0.3) is 0 Å². The number of anilines is 1. The van der Waals surface area contributed by atoms with Gasteiger partial charge >= 0.3 is 0 Å². The summed E-state index contributed by atoms with van der Waals surface area (Å²) in [6.45, 7) is 0. The second-order valence-electron chi connectivity index (χ2n) is 6.96. The van der Waals surface area contributed by atoms with Crippen LogP contribution in [0.15, 0.2) is 29.4 Å². The van der Waals surface area contributed by atoms with Gasteiger partial charge in [0.15, 0.2) is 11.0 Å². The van der Waals surface area contributed by atoms with Crippen LogP contribution in [-0.2, 0) is 24.7 Å². The van der Waals surface area contributed by atoms with E-state index in [1.165, 1.54) is 28.0 Å². The fourth-order valence-electron chi connectivity index (χ4n) is 3.52. The van der Waals surface area contributed by atoms with Gasteiger partial charge in [-0.15, -0.1) is 21.5 Å². The van der Waals surface area contributed by atoms with Crippen LogP contribution in [0.25, 0.3) is 11.4 Å². The Hall–Kier alpha value is -2.83. The molecule has 2 aromatic heterocycles. The molecule has 1 aromatic carbocycles. The molecular weight excluding hydrogens is 418 g/mol. The van der Waals surface area contributed by atoms with Crippen LogP contribution in [0.3, 0.4) is 0 Å². The lowest BCUT2D eigenvalue weighted by Crippen LogP contribution is -2.14. The van der Waals surface area contributed by atoms with Crippen LogP contribution >= 0.6 is 23.1 Å². The second kappa shape index (κ2) is 8.90.